The first-order valence-corrected chi connectivity index (χ1v) is 5.04. The third kappa shape index (κ3) is 2.90. The largest absolute Gasteiger partial charge is 0.384 e. The summed E-state index contributed by atoms with van der Waals surface area (Å²) >= 11 is 0. The smallest absolute Gasteiger partial charge is 0.162 e. The standard InChI is InChI=1S/C10H17N5/c1-3-4-7-15(2)10-8(9(11)12)5-6-13-14-10/h5-6H,3-4,7H2,1-2H3,(H3,11,12). The minimum Gasteiger partial charge on any atom is -0.384 e. The van der Waals surface area contributed by atoms with Crippen molar-refractivity contribution in [2.45, 2.75) is 19.8 Å². The number of aromatic nitrogens is 2. The summed E-state index contributed by atoms with van der Waals surface area (Å²) in [6, 6.07) is 1.72. The number of rotatable bonds is 5. The number of nitrogens with zero attached hydrogens (tertiary/aromatic N) is 3. The van der Waals surface area contributed by atoms with Crippen molar-refractivity contribution < 1.29 is 0 Å². The van der Waals surface area contributed by atoms with Crippen LogP contribution in [0.15, 0.2) is 12.3 Å². The summed E-state index contributed by atoms with van der Waals surface area (Å²) in [6.07, 6.45) is 3.76. The predicted octanol–water partition coefficient (Wildman–Crippen LogP) is 0.997. The van der Waals surface area contributed by atoms with Gasteiger partial charge in [0.15, 0.2) is 5.82 Å². The number of amidine groups is 1. The molecule has 0 fully saturated rings. The van der Waals surface area contributed by atoms with Gasteiger partial charge in [-0.2, -0.15) is 5.10 Å². The van der Waals surface area contributed by atoms with Crippen molar-refractivity contribution in [3.8, 4) is 0 Å². The molecular formula is C10H17N5. The van der Waals surface area contributed by atoms with Gasteiger partial charge >= 0.3 is 0 Å². The maximum Gasteiger partial charge on any atom is 0.162 e. The van der Waals surface area contributed by atoms with Crippen LogP contribution in [-0.2, 0) is 0 Å². The Labute approximate surface area is 89.8 Å². The summed E-state index contributed by atoms with van der Waals surface area (Å²) in [4.78, 5) is 1.98. The van der Waals surface area contributed by atoms with Gasteiger partial charge in [-0.25, -0.2) is 0 Å². The predicted molar refractivity (Wildman–Crippen MR) is 61.2 cm³/mol. The zero-order valence-corrected chi connectivity index (χ0v) is 9.20. The number of nitrogens with two attached hydrogens (primary N) is 1. The van der Waals surface area contributed by atoms with Crippen molar-refractivity contribution in [3.05, 3.63) is 17.8 Å². The first-order chi connectivity index (χ1) is 7.16. The molecule has 5 heteroatoms. The number of nitrogen functional groups attached to an aromatic ring is 1. The molecule has 0 radical (unpaired) electrons. The van der Waals surface area contributed by atoms with Gasteiger partial charge in [0.25, 0.3) is 0 Å². The van der Waals surface area contributed by atoms with Gasteiger partial charge < -0.3 is 10.6 Å². The fraction of sp³-hybridized carbons (Fsp3) is 0.500. The molecule has 82 valence electrons. The van der Waals surface area contributed by atoms with Gasteiger partial charge in [0.05, 0.1) is 11.8 Å². The fourth-order valence-electron chi connectivity index (χ4n) is 1.32. The van der Waals surface area contributed by atoms with Crippen molar-refractivity contribution >= 4 is 11.7 Å². The lowest BCUT2D eigenvalue weighted by Crippen LogP contribution is -2.24. The Hall–Kier alpha value is -1.65. The molecule has 1 aromatic rings. The number of hydrogen-bond donors (Lipinski definition) is 2. The van der Waals surface area contributed by atoms with Crippen LogP contribution in [0.4, 0.5) is 5.82 Å². The van der Waals surface area contributed by atoms with Crippen LogP contribution in [0.2, 0.25) is 0 Å². The summed E-state index contributed by atoms with van der Waals surface area (Å²) in [6.45, 7) is 3.03. The highest BCUT2D eigenvalue weighted by molar-refractivity contribution is 5.99. The van der Waals surface area contributed by atoms with Crippen LogP contribution in [0, 0.1) is 5.41 Å². The Morgan fingerprint density at radius 3 is 2.93 bits per heavy atom. The van der Waals surface area contributed by atoms with E-state index in [9.17, 15) is 0 Å². The van der Waals surface area contributed by atoms with E-state index in [4.69, 9.17) is 11.1 Å². The molecule has 3 N–H and O–H groups in total. The molecule has 0 aromatic carbocycles. The van der Waals surface area contributed by atoms with Gasteiger partial charge in [-0.15, -0.1) is 5.10 Å². The molecule has 0 atom stereocenters. The van der Waals surface area contributed by atoms with Gasteiger partial charge in [0.2, 0.25) is 0 Å². The van der Waals surface area contributed by atoms with Crippen LogP contribution >= 0.6 is 0 Å². The number of unbranched alkanes of at least 4 members (excludes halogenated alkanes) is 1. The summed E-state index contributed by atoms with van der Waals surface area (Å²) in [7, 11) is 1.94. The molecule has 0 saturated carbocycles. The van der Waals surface area contributed by atoms with E-state index in [1.165, 1.54) is 0 Å². The van der Waals surface area contributed by atoms with Gasteiger partial charge in [-0.05, 0) is 12.5 Å². The Morgan fingerprint density at radius 2 is 2.33 bits per heavy atom. The van der Waals surface area contributed by atoms with Crippen LogP contribution in [0.25, 0.3) is 0 Å². The van der Waals surface area contributed by atoms with E-state index in [0.717, 1.165) is 19.4 Å². The normalized spacial score (nSPS) is 10.0. The van der Waals surface area contributed by atoms with E-state index in [1.54, 1.807) is 12.3 Å². The summed E-state index contributed by atoms with van der Waals surface area (Å²) in [5, 5.41) is 15.3. The summed E-state index contributed by atoms with van der Waals surface area (Å²) in [5.74, 6) is 0.710. The molecule has 1 rings (SSSR count). The van der Waals surface area contributed by atoms with E-state index >= 15 is 0 Å². The SMILES string of the molecule is CCCCN(C)c1nnccc1C(=N)N. The molecule has 1 aromatic heterocycles. The first-order valence-electron chi connectivity index (χ1n) is 5.04. The molecule has 0 amide bonds. The fourth-order valence-corrected chi connectivity index (χ4v) is 1.32. The van der Waals surface area contributed by atoms with E-state index in [0.29, 0.717) is 11.4 Å². The van der Waals surface area contributed by atoms with E-state index in [1.807, 2.05) is 11.9 Å². The average Bonchev–Trinajstić information content (AvgIpc) is 2.25. The monoisotopic (exact) mass is 207 g/mol. The Morgan fingerprint density at radius 1 is 1.60 bits per heavy atom. The Bertz CT molecular complexity index is 336. The van der Waals surface area contributed by atoms with Gasteiger partial charge in [-0.3, -0.25) is 5.41 Å². The average molecular weight is 207 g/mol. The van der Waals surface area contributed by atoms with Crippen LogP contribution < -0.4 is 10.6 Å². The van der Waals surface area contributed by atoms with Gasteiger partial charge in [0.1, 0.15) is 5.84 Å². The quantitative estimate of drug-likeness (QED) is 0.557. The van der Waals surface area contributed by atoms with Crippen molar-refractivity contribution in [1.29, 1.82) is 5.41 Å². The number of nitrogens with one attached hydrogen (secondary N) is 1. The van der Waals surface area contributed by atoms with E-state index in [-0.39, 0.29) is 5.84 Å². The highest BCUT2D eigenvalue weighted by atomic mass is 15.2. The molecule has 0 saturated heterocycles. The van der Waals surface area contributed by atoms with Gasteiger partial charge in [-0.1, -0.05) is 13.3 Å². The molecular weight excluding hydrogens is 190 g/mol. The Kier molecular flexibility index (Phi) is 4.03. The van der Waals surface area contributed by atoms with E-state index < -0.39 is 0 Å². The lowest BCUT2D eigenvalue weighted by Gasteiger charge is -2.19. The maximum atomic E-state index is 7.43. The highest BCUT2D eigenvalue weighted by Crippen LogP contribution is 2.14. The third-order valence-electron chi connectivity index (χ3n) is 2.20. The Balaban J connectivity index is 2.87. The molecule has 5 nitrogen and oxygen atoms in total. The lowest BCUT2D eigenvalue weighted by atomic mass is 10.2. The van der Waals surface area contributed by atoms with Crippen LogP contribution in [0.1, 0.15) is 25.3 Å². The number of anilines is 1. The molecule has 0 aliphatic carbocycles. The van der Waals surface area contributed by atoms with Crippen molar-refractivity contribution in [3.63, 3.8) is 0 Å². The van der Waals surface area contributed by atoms with Crippen molar-refractivity contribution in [1.82, 2.24) is 10.2 Å². The highest BCUT2D eigenvalue weighted by Gasteiger charge is 2.10. The van der Waals surface area contributed by atoms with Crippen molar-refractivity contribution in [2.75, 3.05) is 18.5 Å². The van der Waals surface area contributed by atoms with Crippen LogP contribution in [0.3, 0.4) is 0 Å². The second-order valence-corrected chi connectivity index (χ2v) is 3.46. The molecule has 15 heavy (non-hydrogen) atoms. The van der Waals surface area contributed by atoms with Crippen LogP contribution in [0.5, 0.6) is 0 Å². The van der Waals surface area contributed by atoms with Crippen molar-refractivity contribution in [2.24, 2.45) is 5.73 Å². The van der Waals surface area contributed by atoms with Gasteiger partial charge in [0, 0.05) is 13.6 Å². The zero-order chi connectivity index (χ0) is 11.3. The zero-order valence-electron chi connectivity index (χ0n) is 9.20. The first kappa shape index (κ1) is 11.4. The summed E-state index contributed by atoms with van der Waals surface area (Å²) < 4.78 is 0. The second kappa shape index (κ2) is 5.29. The minimum absolute atomic E-state index is 0.0308. The minimum atomic E-state index is 0.0308. The second-order valence-electron chi connectivity index (χ2n) is 3.46. The molecule has 1 heterocycles. The topological polar surface area (TPSA) is 78.9 Å². The maximum absolute atomic E-state index is 7.43. The lowest BCUT2D eigenvalue weighted by molar-refractivity contribution is 0.752. The molecule has 0 aliphatic heterocycles. The van der Waals surface area contributed by atoms with E-state index in [2.05, 4.69) is 17.1 Å². The summed E-state index contributed by atoms with van der Waals surface area (Å²) in [5.41, 5.74) is 6.11. The molecule has 0 unspecified atom stereocenters. The third-order valence-corrected chi connectivity index (χ3v) is 2.20. The van der Waals surface area contributed by atoms with Crippen LogP contribution in [-0.4, -0.2) is 29.6 Å². The molecule has 0 aliphatic rings. The number of hydrogen-bond acceptors (Lipinski definition) is 4. The molecule has 0 bridgehead atoms. The molecule has 0 spiro atoms.